The minimum absolute atomic E-state index is 0.170. The van der Waals surface area contributed by atoms with E-state index in [0.29, 0.717) is 17.9 Å². The lowest BCUT2D eigenvalue weighted by atomic mass is 10.4. The van der Waals surface area contributed by atoms with Crippen molar-refractivity contribution in [2.24, 2.45) is 0 Å². The van der Waals surface area contributed by atoms with Gasteiger partial charge in [0, 0.05) is 6.54 Å². The molecule has 0 atom stereocenters. The molecule has 0 aromatic carbocycles. The second-order valence-electron chi connectivity index (χ2n) is 4.38. The molecule has 0 fully saturated rings. The molecule has 0 aliphatic rings. The predicted molar refractivity (Wildman–Crippen MR) is 76.8 cm³/mol. The SMILES string of the molecule is CCn1nc(C)c(S(=O)(=O)Nc2cnc(OC)nc2)c1C. The number of hydrogen-bond acceptors (Lipinski definition) is 6. The molecule has 8 nitrogen and oxygen atoms in total. The molecule has 2 heterocycles. The first-order valence-corrected chi connectivity index (χ1v) is 7.80. The molecule has 2 aromatic rings. The number of nitrogens with one attached hydrogen (secondary N) is 1. The Balaban J connectivity index is 2.36. The maximum Gasteiger partial charge on any atom is 0.316 e. The predicted octanol–water partition coefficient (Wildman–Crippen LogP) is 1.12. The normalized spacial score (nSPS) is 11.4. The van der Waals surface area contributed by atoms with Crippen molar-refractivity contribution in [3.8, 4) is 6.01 Å². The van der Waals surface area contributed by atoms with E-state index in [-0.39, 0.29) is 16.6 Å². The van der Waals surface area contributed by atoms with Crippen molar-refractivity contribution in [2.45, 2.75) is 32.2 Å². The van der Waals surface area contributed by atoms with Crippen LogP contribution in [0.4, 0.5) is 5.69 Å². The van der Waals surface area contributed by atoms with E-state index in [1.165, 1.54) is 19.5 Å². The van der Waals surface area contributed by atoms with Gasteiger partial charge in [-0.3, -0.25) is 9.40 Å². The number of rotatable bonds is 5. The molecule has 0 amide bonds. The maximum atomic E-state index is 12.5. The van der Waals surface area contributed by atoms with Crippen LogP contribution < -0.4 is 9.46 Å². The highest BCUT2D eigenvalue weighted by Crippen LogP contribution is 2.22. The molecule has 0 bridgehead atoms. The van der Waals surface area contributed by atoms with E-state index in [4.69, 9.17) is 4.74 Å². The lowest BCUT2D eigenvalue weighted by Gasteiger charge is -2.08. The average molecular weight is 311 g/mol. The van der Waals surface area contributed by atoms with Crippen molar-refractivity contribution in [3.63, 3.8) is 0 Å². The first kappa shape index (κ1) is 15.2. The molecule has 21 heavy (non-hydrogen) atoms. The smallest absolute Gasteiger partial charge is 0.316 e. The summed E-state index contributed by atoms with van der Waals surface area (Å²) in [5.41, 5.74) is 1.31. The molecule has 2 aromatic heterocycles. The summed E-state index contributed by atoms with van der Waals surface area (Å²) in [6, 6.07) is 0.170. The van der Waals surface area contributed by atoms with E-state index in [1.54, 1.807) is 18.5 Å². The molecule has 0 saturated heterocycles. The van der Waals surface area contributed by atoms with Gasteiger partial charge in [0.25, 0.3) is 10.0 Å². The molecular formula is C12H17N5O3S. The summed E-state index contributed by atoms with van der Waals surface area (Å²) < 4.78 is 33.9. The molecule has 2 rings (SSSR count). The fourth-order valence-electron chi connectivity index (χ4n) is 2.06. The third kappa shape index (κ3) is 2.97. The summed E-state index contributed by atoms with van der Waals surface area (Å²) in [5.74, 6) is 0. The summed E-state index contributed by atoms with van der Waals surface area (Å²) in [5, 5.41) is 4.21. The molecule has 0 aliphatic carbocycles. The Kier molecular flexibility index (Phi) is 4.12. The highest BCUT2D eigenvalue weighted by atomic mass is 32.2. The van der Waals surface area contributed by atoms with Gasteiger partial charge in [0.15, 0.2) is 0 Å². The van der Waals surface area contributed by atoms with Gasteiger partial charge in [-0.05, 0) is 20.8 Å². The van der Waals surface area contributed by atoms with Gasteiger partial charge in [-0.2, -0.15) is 5.10 Å². The quantitative estimate of drug-likeness (QED) is 0.888. The van der Waals surface area contributed by atoms with Crippen LogP contribution in [0.25, 0.3) is 0 Å². The van der Waals surface area contributed by atoms with Crippen LogP contribution in [0.5, 0.6) is 6.01 Å². The first-order valence-electron chi connectivity index (χ1n) is 6.32. The van der Waals surface area contributed by atoms with E-state index in [1.807, 2.05) is 6.92 Å². The van der Waals surface area contributed by atoms with E-state index in [0.717, 1.165) is 0 Å². The van der Waals surface area contributed by atoms with Crippen LogP contribution in [0, 0.1) is 13.8 Å². The number of hydrogen-bond donors (Lipinski definition) is 1. The zero-order chi connectivity index (χ0) is 15.6. The lowest BCUT2D eigenvalue weighted by molar-refractivity contribution is 0.380. The standard InChI is InChI=1S/C12H17N5O3S/c1-5-17-9(3)11(8(2)15-17)21(18,19)16-10-6-13-12(20-4)14-7-10/h6-7,16H,5H2,1-4H3. The van der Waals surface area contributed by atoms with Crippen molar-refractivity contribution in [1.82, 2.24) is 19.7 Å². The topological polar surface area (TPSA) is 99.0 Å². The highest BCUT2D eigenvalue weighted by molar-refractivity contribution is 7.92. The Hall–Kier alpha value is -2.16. The van der Waals surface area contributed by atoms with Crippen molar-refractivity contribution in [2.75, 3.05) is 11.8 Å². The van der Waals surface area contributed by atoms with Crippen LogP contribution in [-0.2, 0) is 16.6 Å². The number of aryl methyl sites for hydroxylation is 2. The van der Waals surface area contributed by atoms with E-state index >= 15 is 0 Å². The Labute approximate surface area is 123 Å². The van der Waals surface area contributed by atoms with Gasteiger partial charge in [0.1, 0.15) is 4.90 Å². The summed E-state index contributed by atoms with van der Waals surface area (Å²) in [4.78, 5) is 7.90. The zero-order valence-corrected chi connectivity index (χ0v) is 13.1. The Morgan fingerprint density at radius 2 is 1.90 bits per heavy atom. The second kappa shape index (κ2) is 5.68. The Morgan fingerprint density at radius 1 is 1.29 bits per heavy atom. The minimum Gasteiger partial charge on any atom is -0.467 e. The molecule has 1 N–H and O–H groups in total. The highest BCUT2D eigenvalue weighted by Gasteiger charge is 2.24. The van der Waals surface area contributed by atoms with E-state index in [2.05, 4.69) is 19.8 Å². The third-order valence-electron chi connectivity index (χ3n) is 2.95. The van der Waals surface area contributed by atoms with Crippen LogP contribution >= 0.6 is 0 Å². The number of nitrogens with zero attached hydrogens (tertiary/aromatic N) is 4. The maximum absolute atomic E-state index is 12.5. The number of methoxy groups -OCH3 is 1. The molecular weight excluding hydrogens is 294 g/mol. The number of aromatic nitrogens is 4. The number of sulfonamides is 1. The average Bonchev–Trinajstić information content (AvgIpc) is 2.74. The third-order valence-corrected chi connectivity index (χ3v) is 4.58. The van der Waals surface area contributed by atoms with Crippen molar-refractivity contribution in [1.29, 1.82) is 0 Å². The summed E-state index contributed by atoms with van der Waals surface area (Å²) in [7, 11) is -2.30. The Bertz CT molecular complexity index is 737. The van der Waals surface area contributed by atoms with Gasteiger partial charge in [0.2, 0.25) is 0 Å². The number of anilines is 1. The van der Waals surface area contributed by atoms with Gasteiger partial charge < -0.3 is 4.74 Å². The summed E-state index contributed by atoms with van der Waals surface area (Å²) >= 11 is 0. The van der Waals surface area contributed by atoms with Gasteiger partial charge in [-0.1, -0.05) is 0 Å². The van der Waals surface area contributed by atoms with E-state index < -0.39 is 10.0 Å². The monoisotopic (exact) mass is 311 g/mol. The molecule has 9 heteroatoms. The molecule has 0 saturated carbocycles. The molecule has 0 spiro atoms. The minimum atomic E-state index is -3.74. The largest absolute Gasteiger partial charge is 0.467 e. The molecule has 114 valence electrons. The fourth-order valence-corrected chi connectivity index (χ4v) is 3.50. The molecule has 0 radical (unpaired) electrons. The van der Waals surface area contributed by atoms with Crippen LogP contribution in [0.15, 0.2) is 17.3 Å². The van der Waals surface area contributed by atoms with Gasteiger partial charge >= 0.3 is 6.01 Å². The second-order valence-corrected chi connectivity index (χ2v) is 6.00. The Morgan fingerprint density at radius 3 is 2.38 bits per heavy atom. The lowest BCUT2D eigenvalue weighted by Crippen LogP contribution is -2.15. The number of ether oxygens (including phenoxy) is 1. The van der Waals surface area contributed by atoms with E-state index in [9.17, 15) is 8.42 Å². The first-order chi connectivity index (χ1) is 9.89. The van der Waals surface area contributed by atoms with Crippen molar-refractivity contribution in [3.05, 3.63) is 23.8 Å². The zero-order valence-electron chi connectivity index (χ0n) is 12.3. The van der Waals surface area contributed by atoms with Gasteiger partial charge in [-0.15, -0.1) is 0 Å². The van der Waals surface area contributed by atoms with Crippen molar-refractivity contribution >= 4 is 15.7 Å². The summed E-state index contributed by atoms with van der Waals surface area (Å²) in [6.45, 7) is 5.90. The van der Waals surface area contributed by atoms with Crippen LogP contribution in [0.2, 0.25) is 0 Å². The summed E-state index contributed by atoms with van der Waals surface area (Å²) in [6.07, 6.45) is 2.69. The fraction of sp³-hybridized carbons (Fsp3) is 0.417. The van der Waals surface area contributed by atoms with Crippen LogP contribution in [0.1, 0.15) is 18.3 Å². The van der Waals surface area contributed by atoms with Crippen LogP contribution in [-0.4, -0.2) is 35.3 Å². The van der Waals surface area contributed by atoms with Gasteiger partial charge in [0.05, 0.1) is 36.6 Å². The van der Waals surface area contributed by atoms with Crippen molar-refractivity contribution < 1.29 is 13.2 Å². The molecule has 0 aliphatic heterocycles. The van der Waals surface area contributed by atoms with Gasteiger partial charge in [-0.25, -0.2) is 18.4 Å². The molecule has 0 unspecified atom stereocenters. The van der Waals surface area contributed by atoms with Crippen LogP contribution in [0.3, 0.4) is 0 Å².